The molecule has 0 fully saturated rings. The molecular formula is C12H17NO2S. The zero-order valence-corrected chi connectivity index (χ0v) is 10.6. The van der Waals surface area contributed by atoms with E-state index in [1.165, 1.54) is 0 Å². The molecule has 0 aliphatic carbocycles. The van der Waals surface area contributed by atoms with Gasteiger partial charge in [-0.1, -0.05) is 19.1 Å². The van der Waals surface area contributed by atoms with Gasteiger partial charge in [-0.15, -0.1) is 0 Å². The quantitative estimate of drug-likeness (QED) is 0.814. The summed E-state index contributed by atoms with van der Waals surface area (Å²) in [4.78, 5) is 0.479. The van der Waals surface area contributed by atoms with E-state index < -0.39 is 15.1 Å². The van der Waals surface area contributed by atoms with Crippen LogP contribution in [0.5, 0.6) is 0 Å². The Balaban J connectivity index is 2.82. The average Bonchev–Trinajstić information content (AvgIpc) is 2.41. The van der Waals surface area contributed by atoms with E-state index in [0.717, 1.165) is 16.7 Å². The number of sulfone groups is 1. The van der Waals surface area contributed by atoms with E-state index in [4.69, 9.17) is 5.73 Å². The van der Waals surface area contributed by atoms with Crippen LogP contribution >= 0.6 is 0 Å². The Morgan fingerprint density at radius 2 is 1.81 bits per heavy atom. The molecule has 2 unspecified atom stereocenters. The monoisotopic (exact) mass is 239 g/mol. The minimum Gasteiger partial charge on any atom is -0.323 e. The van der Waals surface area contributed by atoms with Gasteiger partial charge in [0.25, 0.3) is 0 Å². The fourth-order valence-corrected chi connectivity index (χ4v) is 4.99. The second-order valence-electron chi connectivity index (χ2n) is 4.46. The lowest BCUT2D eigenvalue weighted by Gasteiger charge is -2.12. The maximum Gasteiger partial charge on any atom is 0.183 e. The van der Waals surface area contributed by atoms with E-state index in [1.54, 1.807) is 0 Å². The fourth-order valence-electron chi connectivity index (χ4n) is 2.60. The Morgan fingerprint density at radius 1 is 1.25 bits per heavy atom. The molecule has 3 nitrogen and oxygen atoms in total. The van der Waals surface area contributed by atoms with Gasteiger partial charge in [0.15, 0.2) is 9.84 Å². The van der Waals surface area contributed by atoms with Crippen LogP contribution in [0, 0.1) is 13.8 Å². The zero-order valence-electron chi connectivity index (χ0n) is 9.82. The molecule has 0 saturated heterocycles. The minimum absolute atomic E-state index is 0.370. The molecular weight excluding hydrogens is 222 g/mol. The third-order valence-electron chi connectivity index (χ3n) is 3.43. The predicted molar refractivity (Wildman–Crippen MR) is 64.1 cm³/mol. The van der Waals surface area contributed by atoms with Crippen molar-refractivity contribution in [2.24, 2.45) is 5.73 Å². The number of rotatable bonds is 1. The van der Waals surface area contributed by atoms with Crippen LogP contribution in [0.2, 0.25) is 0 Å². The van der Waals surface area contributed by atoms with Crippen molar-refractivity contribution < 1.29 is 8.42 Å². The largest absolute Gasteiger partial charge is 0.323 e. The molecule has 1 heterocycles. The molecule has 1 aliphatic heterocycles. The highest BCUT2D eigenvalue weighted by Crippen LogP contribution is 2.42. The molecule has 0 saturated carbocycles. The Labute approximate surface area is 96.6 Å². The molecule has 2 atom stereocenters. The maximum absolute atomic E-state index is 12.3. The van der Waals surface area contributed by atoms with Gasteiger partial charge in [0.05, 0.1) is 10.1 Å². The van der Waals surface area contributed by atoms with Gasteiger partial charge in [-0.2, -0.15) is 0 Å². The van der Waals surface area contributed by atoms with E-state index in [0.29, 0.717) is 11.3 Å². The van der Waals surface area contributed by atoms with E-state index in [-0.39, 0.29) is 6.04 Å². The van der Waals surface area contributed by atoms with Gasteiger partial charge in [-0.3, -0.25) is 0 Å². The van der Waals surface area contributed by atoms with Crippen molar-refractivity contribution in [1.29, 1.82) is 0 Å². The molecule has 88 valence electrons. The second-order valence-corrected chi connectivity index (χ2v) is 6.56. The summed E-state index contributed by atoms with van der Waals surface area (Å²) >= 11 is 0. The zero-order chi connectivity index (χ0) is 12.1. The number of benzene rings is 1. The highest BCUT2D eigenvalue weighted by molar-refractivity contribution is 7.92. The highest BCUT2D eigenvalue weighted by Gasteiger charge is 2.43. The summed E-state index contributed by atoms with van der Waals surface area (Å²) in [7, 11) is -3.22. The summed E-state index contributed by atoms with van der Waals surface area (Å²) in [5, 5.41) is -0.456. The van der Waals surface area contributed by atoms with Crippen LogP contribution in [-0.2, 0) is 9.84 Å². The Morgan fingerprint density at radius 3 is 2.31 bits per heavy atom. The summed E-state index contributed by atoms with van der Waals surface area (Å²) in [6.45, 7) is 5.63. The molecule has 0 aromatic heterocycles. The molecule has 1 aromatic rings. The van der Waals surface area contributed by atoms with Gasteiger partial charge in [0.2, 0.25) is 0 Å². The van der Waals surface area contributed by atoms with E-state index >= 15 is 0 Å². The Hall–Kier alpha value is -0.870. The van der Waals surface area contributed by atoms with Crippen LogP contribution in [0.3, 0.4) is 0 Å². The highest BCUT2D eigenvalue weighted by atomic mass is 32.2. The molecule has 2 N–H and O–H groups in total. The molecule has 4 heteroatoms. The smallest absolute Gasteiger partial charge is 0.183 e. The Kier molecular flexibility index (Phi) is 2.59. The second kappa shape index (κ2) is 3.57. The number of aryl methyl sites for hydroxylation is 2. The third kappa shape index (κ3) is 1.33. The summed E-state index contributed by atoms with van der Waals surface area (Å²) in [6.07, 6.45) is 0.567. The summed E-state index contributed by atoms with van der Waals surface area (Å²) in [5.41, 5.74) is 8.68. The third-order valence-corrected chi connectivity index (χ3v) is 5.96. The number of hydrogen-bond donors (Lipinski definition) is 1. The van der Waals surface area contributed by atoms with Gasteiger partial charge in [0.1, 0.15) is 0 Å². The van der Waals surface area contributed by atoms with Crippen LogP contribution in [0.25, 0.3) is 0 Å². The molecule has 0 bridgehead atoms. The Bertz CT molecular complexity index is 534. The summed E-state index contributed by atoms with van der Waals surface area (Å²) < 4.78 is 24.6. The molecule has 16 heavy (non-hydrogen) atoms. The van der Waals surface area contributed by atoms with Crippen LogP contribution in [0.15, 0.2) is 17.0 Å². The van der Waals surface area contributed by atoms with Gasteiger partial charge in [0, 0.05) is 6.04 Å². The maximum atomic E-state index is 12.3. The first-order valence-corrected chi connectivity index (χ1v) is 7.05. The van der Waals surface area contributed by atoms with Crippen LogP contribution < -0.4 is 5.73 Å². The van der Waals surface area contributed by atoms with Gasteiger partial charge in [-0.05, 0) is 37.0 Å². The first kappa shape index (κ1) is 11.6. The minimum atomic E-state index is -3.22. The van der Waals surface area contributed by atoms with Crippen LogP contribution in [-0.4, -0.2) is 13.7 Å². The number of fused-ring (bicyclic) bond motifs is 1. The molecule has 0 amide bonds. The van der Waals surface area contributed by atoms with E-state index in [1.807, 2.05) is 32.9 Å². The number of nitrogens with two attached hydrogens (primary N) is 1. The van der Waals surface area contributed by atoms with Crippen molar-refractivity contribution in [3.05, 3.63) is 28.8 Å². The summed E-state index contributed by atoms with van der Waals surface area (Å²) in [6, 6.07) is 3.43. The van der Waals surface area contributed by atoms with Crippen molar-refractivity contribution in [2.45, 2.75) is 43.4 Å². The molecule has 1 aliphatic rings. The molecule has 0 radical (unpaired) electrons. The molecule has 2 rings (SSSR count). The topological polar surface area (TPSA) is 60.2 Å². The van der Waals surface area contributed by atoms with Gasteiger partial charge < -0.3 is 5.73 Å². The average molecular weight is 239 g/mol. The van der Waals surface area contributed by atoms with Crippen LogP contribution in [0.4, 0.5) is 0 Å². The van der Waals surface area contributed by atoms with Crippen molar-refractivity contribution in [3.8, 4) is 0 Å². The lowest BCUT2D eigenvalue weighted by molar-refractivity contribution is 0.566. The fraction of sp³-hybridized carbons (Fsp3) is 0.500. The number of hydrogen-bond acceptors (Lipinski definition) is 3. The summed E-state index contributed by atoms with van der Waals surface area (Å²) in [5.74, 6) is 0. The first-order chi connectivity index (χ1) is 7.41. The van der Waals surface area contributed by atoms with Crippen molar-refractivity contribution >= 4 is 9.84 Å². The standard InChI is InChI=1S/C12H17NO2S/c1-4-9-11(13)10-7(2)5-6-8(3)12(10)16(9,14)15/h5-6,9,11H,4,13H2,1-3H3. The van der Waals surface area contributed by atoms with Crippen molar-refractivity contribution in [1.82, 2.24) is 0 Å². The van der Waals surface area contributed by atoms with E-state index in [2.05, 4.69) is 0 Å². The van der Waals surface area contributed by atoms with E-state index in [9.17, 15) is 8.42 Å². The lowest BCUT2D eigenvalue weighted by Crippen LogP contribution is -2.26. The molecule has 0 spiro atoms. The van der Waals surface area contributed by atoms with Crippen LogP contribution in [0.1, 0.15) is 36.1 Å². The first-order valence-electron chi connectivity index (χ1n) is 5.50. The van der Waals surface area contributed by atoms with Crippen molar-refractivity contribution in [2.75, 3.05) is 0 Å². The predicted octanol–water partition coefficient (Wildman–Crippen LogP) is 1.87. The lowest BCUT2D eigenvalue weighted by atomic mass is 9.97. The van der Waals surface area contributed by atoms with Crippen molar-refractivity contribution in [3.63, 3.8) is 0 Å². The SMILES string of the molecule is CCC1C(N)c2c(C)ccc(C)c2S1(=O)=O. The normalized spacial score (nSPS) is 26.8. The van der Waals surface area contributed by atoms with Gasteiger partial charge in [-0.25, -0.2) is 8.42 Å². The molecule has 1 aromatic carbocycles. The van der Waals surface area contributed by atoms with Gasteiger partial charge >= 0.3 is 0 Å².